The van der Waals surface area contributed by atoms with E-state index in [2.05, 4.69) is 12.8 Å². The van der Waals surface area contributed by atoms with Crippen LogP contribution in [0.2, 0.25) is 0 Å². The summed E-state index contributed by atoms with van der Waals surface area (Å²) in [5, 5.41) is 17.3. The van der Waals surface area contributed by atoms with Crippen LogP contribution in [0.3, 0.4) is 0 Å². The van der Waals surface area contributed by atoms with Crippen molar-refractivity contribution in [2.75, 3.05) is 0 Å². The average Bonchev–Trinajstić information content (AvgIpc) is 2.09. The maximum atomic E-state index is 10.00. The van der Waals surface area contributed by atoms with Crippen molar-refractivity contribution in [1.82, 2.24) is 0 Å². The number of rotatable bonds is 5. The van der Waals surface area contributed by atoms with Gasteiger partial charge in [0.2, 0.25) is 0 Å². The summed E-state index contributed by atoms with van der Waals surface area (Å²) < 4.78 is 0. The molecular weight excluding hydrogens is 168 g/mol. The summed E-state index contributed by atoms with van der Waals surface area (Å²) in [5.41, 5.74) is 0. The Balaban J connectivity index is 3.47. The number of hydrogen-bond donors (Lipinski definition) is 2. The summed E-state index contributed by atoms with van der Waals surface area (Å²) in [6.45, 7) is 2.11. The minimum absolute atomic E-state index is 0.570. The molecule has 0 aromatic carbocycles. The lowest BCUT2D eigenvalue weighted by Crippen LogP contribution is -2.03. The maximum Gasteiger partial charge on any atom is 0.381 e. The zero-order valence-corrected chi connectivity index (χ0v) is 7.92. The van der Waals surface area contributed by atoms with Gasteiger partial charge in [-0.1, -0.05) is 32.1 Å². The number of hydrogen-bond acceptors (Lipinski definition) is 2. The van der Waals surface area contributed by atoms with E-state index in [0.717, 1.165) is 25.7 Å². The first-order chi connectivity index (χ1) is 6.16. The quantitative estimate of drug-likeness (QED) is 0.501. The fourth-order valence-corrected chi connectivity index (χ4v) is 0.982. The molecule has 0 aromatic heterocycles. The van der Waals surface area contributed by atoms with Gasteiger partial charge in [0.1, 0.15) is 6.10 Å². The number of aliphatic hydroxyl groups is 1. The monoisotopic (exact) mass is 184 g/mol. The van der Waals surface area contributed by atoms with Crippen LogP contribution in [0, 0.1) is 11.8 Å². The second-order valence-corrected chi connectivity index (χ2v) is 2.94. The summed E-state index contributed by atoms with van der Waals surface area (Å²) in [6, 6.07) is 0. The van der Waals surface area contributed by atoms with Crippen molar-refractivity contribution in [2.24, 2.45) is 0 Å². The third kappa shape index (κ3) is 8.90. The lowest BCUT2D eigenvalue weighted by atomic mass is 10.1. The first kappa shape index (κ1) is 12.0. The molecule has 0 aromatic rings. The van der Waals surface area contributed by atoms with E-state index in [1.54, 1.807) is 0 Å². The topological polar surface area (TPSA) is 57.5 Å². The van der Waals surface area contributed by atoms with Crippen molar-refractivity contribution in [3.63, 3.8) is 0 Å². The van der Waals surface area contributed by atoms with Crippen LogP contribution in [0.25, 0.3) is 0 Å². The Morgan fingerprint density at radius 3 is 2.62 bits per heavy atom. The number of aliphatic hydroxyl groups excluding tert-OH is 1. The molecule has 3 heteroatoms. The maximum absolute atomic E-state index is 10.00. The molecule has 1 atom stereocenters. The van der Waals surface area contributed by atoms with Gasteiger partial charge >= 0.3 is 5.97 Å². The van der Waals surface area contributed by atoms with Gasteiger partial charge in [-0.25, -0.2) is 4.79 Å². The molecule has 0 fully saturated rings. The molecule has 2 N–H and O–H groups in total. The van der Waals surface area contributed by atoms with Crippen molar-refractivity contribution in [3.8, 4) is 11.8 Å². The minimum atomic E-state index is -1.19. The van der Waals surface area contributed by atoms with Gasteiger partial charge in [0, 0.05) is 5.92 Å². The van der Waals surface area contributed by atoms with Crippen LogP contribution in [0.15, 0.2) is 0 Å². The van der Waals surface area contributed by atoms with Gasteiger partial charge in [-0.2, -0.15) is 0 Å². The summed E-state index contributed by atoms with van der Waals surface area (Å²) in [6.07, 6.45) is 4.06. The van der Waals surface area contributed by atoms with Crippen LogP contribution in [0.5, 0.6) is 0 Å². The van der Waals surface area contributed by atoms with Gasteiger partial charge in [0.05, 0.1) is 0 Å². The molecule has 0 heterocycles. The molecule has 3 nitrogen and oxygen atoms in total. The predicted octanol–water partition coefficient (Wildman–Crippen LogP) is 1.41. The second kappa shape index (κ2) is 7.63. The highest BCUT2D eigenvalue weighted by Crippen LogP contribution is 2.04. The SMILES string of the molecule is CCCCCCC(O)C#CC(=O)O. The van der Waals surface area contributed by atoms with Crippen molar-refractivity contribution in [3.05, 3.63) is 0 Å². The molecule has 0 aliphatic carbocycles. The summed E-state index contributed by atoms with van der Waals surface area (Å²) in [7, 11) is 0. The Kier molecular flexibility index (Phi) is 7.04. The fraction of sp³-hybridized carbons (Fsp3) is 0.700. The number of carboxylic acids is 1. The highest BCUT2D eigenvalue weighted by Gasteiger charge is 1.98. The predicted molar refractivity (Wildman–Crippen MR) is 50.2 cm³/mol. The average molecular weight is 184 g/mol. The Labute approximate surface area is 78.8 Å². The third-order valence-corrected chi connectivity index (χ3v) is 1.68. The van der Waals surface area contributed by atoms with E-state index < -0.39 is 12.1 Å². The highest BCUT2D eigenvalue weighted by molar-refractivity contribution is 5.86. The van der Waals surface area contributed by atoms with Crippen LogP contribution in [0.1, 0.15) is 39.0 Å². The van der Waals surface area contributed by atoms with Crippen molar-refractivity contribution in [2.45, 2.75) is 45.1 Å². The number of aliphatic carboxylic acids is 1. The van der Waals surface area contributed by atoms with Crippen molar-refractivity contribution >= 4 is 5.97 Å². The molecule has 1 unspecified atom stereocenters. The third-order valence-electron chi connectivity index (χ3n) is 1.68. The molecule has 74 valence electrons. The number of carbonyl (C=O) groups is 1. The standard InChI is InChI=1S/C10H16O3/c1-2-3-4-5-6-9(11)7-8-10(12)13/h9,11H,2-6H2,1H3,(H,12,13). The number of unbranched alkanes of at least 4 members (excludes halogenated alkanes) is 3. The lowest BCUT2D eigenvalue weighted by Gasteiger charge is -2.01. The van der Waals surface area contributed by atoms with Crippen LogP contribution in [-0.4, -0.2) is 22.3 Å². The van der Waals surface area contributed by atoms with Gasteiger partial charge in [0.25, 0.3) is 0 Å². The van der Waals surface area contributed by atoms with Crippen LogP contribution < -0.4 is 0 Å². The molecule has 0 aliphatic heterocycles. The van der Waals surface area contributed by atoms with Gasteiger partial charge in [-0.15, -0.1) is 0 Å². The molecule has 0 aliphatic rings. The Hall–Kier alpha value is -1.01. The van der Waals surface area contributed by atoms with Crippen LogP contribution in [-0.2, 0) is 4.79 Å². The smallest absolute Gasteiger partial charge is 0.381 e. The molecular formula is C10H16O3. The molecule has 0 amide bonds. The normalized spacial score (nSPS) is 11.5. The van der Waals surface area contributed by atoms with E-state index in [9.17, 15) is 4.79 Å². The van der Waals surface area contributed by atoms with E-state index in [1.165, 1.54) is 0 Å². The van der Waals surface area contributed by atoms with Gasteiger partial charge in [-0.3, -0.25) is 0 Å². The van der Waals surface area contributed by atoms with Crippen molar-refractivity contribution < 1.29 is 15.0 Å². The first-order valence-electron chi connectivity index (χ1n) is 4.59. The van der Waals surface area contributed by atoms with Crippen LogP contribution in [0.4, 0.5) is 0 Å². The minimum Gasteiger partial charge on any atom is -0.472 e. The molecule has 0 radical (unpaired) electrons. The Morgan fingerprint density at radius 1 is 1.38 bits per heavy atom. The van der Waals surface area contributed by atoms with Gasteiger partial charge < -0.3 is 10.2 Å². The zero-order chi connectivity index (χ0) is 10.1. The molecule has 0 rings (SSSR count). The molecule has 0 saturated carbocycles. The first-order valence-corrected chi connectivity index (χ1v) is 4.59. The van der Waals surface area contributed by atoms with E-state index in [4.69, 9.17) is 10.2 Å². The summed E-state index contributed by atoms with van der Waals surface area (Å²) in [5.74, 6) is 2.98. The fourth-order valence-electron chi connectivity index (χ4n) is 0.982. The second-order valence-electron chi connectivity index (χ2n) is 2.94. The largest absolute Gasteiger partial charge is 0.472 e. The summed E-state index contributed by atoms with van der Waals surface area (Å²) in [4.78, 5) is 10.00. The molecule has 0 spiro atoms. The van der Waals surface area contributed by atoms with E-state index in [1.807, 2.05) is 5.92 Å². The zero-order valence-electron chi connectivity index (χ0n) is 7.92. The molecule has 13 heavy (non-hydrogen) atoms. The van der Waals surface area contributed by atoms with E-state index in [-0.39, 0.29) is 0 Å². The highest BCUT2D eigenvalue weighted by atomic mass is 16.4. The summed E-state index contributed by atoms with van der Waals surface area (Å²) >= 11 is 0. The molecule has 0 saturated heterocycles. The van der Waals surface area contributed by atoms with Crippen molar-refractivity contribution in [1.29, 1.82) is 0 Å². The van der Waals surface area contributed by atoms with Crippen LogP contribution >= 0.6 is 0 Å². The van der Waals surface area contributed by atoms with Gasteiger partial charge in [0.15, 0.2) is 0 Å². The Bertz CT molecular complexity index is 200. The van der Waals surface area contributed by atoms with E-state index >= 15 is 0 Å². The van der Waals surface area contributed by atoms with E-state index in [0.29, 0.717) is 6.42 Å². The van der Waals surface area contributed by atoms with Gasteiger partial charge in [-0.05, 0) is 12.8 Å². The lowest BCUT2D eigenvalue weighted by molar-refractivity contribution is -0.130. The molecule has 0 bridgehead atoms. The number of carboxylic acid groups (broad SMARTS) is 1. The Morgan fingerprint density at radius 2 is 2.08 bits per heavy atom.